The molecule has 0 spiro atoms. The zero-order valence-electron chi connectivity index (χ0n) is 11.3. The number of fused-ring (bicyclic) bond motifs is 1. The van der Waals surface area contributed by atoms with E-state index in [-0.39, 0.29) is 48.2 Å². The minimum absolute atomic E-state index is 0.0639. The first kappa shape index (κ1) is 15.2. The molecule has 3 amide bonds. The number of hydrogen-bond donors (Lipinski definition) is 0. The van der Waals surface area contributed by atoms with Crippen molar-refractivity contribution in [3.63, 3.8) is 0 Å². The highest BCUT2D eigenvalue weighted by molar-refractivity contribution is 9.10. The van der Waals surface area contributed by atoms with E-state index in [9.17, 15) is 22.8 Å². The molecule has 1 saturated heterocycles. The Morgan fingerprint density at radius 2 is 1.68 bits per heavy atom. The Labute approximate surface area is 135 Å². The van der Waals surface area contributed by atoms with Crippen molar-refractivity contribution in [2.24, 2.45) is 0 Å². The fourth-order valence-corrected chi connectivity index (χ4v) is 4.63. The van der Waals surface area contributed by atoms with Gasteiger partial charge in [0.25, 0.3) is 15.9 Å². The van der Waals surface area contributed by atoms with Gasteiger partial charge in [0.2, 0.25) is 11.8 Å². The number of carbonyl (C=O) groups is 3. The maximum atomic E-state index is 12.4. The van der Waals surface area contributed by atoms with Crippen LogP contribution in [-0.2, 0) is 19.6 Å². The molecule has 9 heteroatoms. The van der Waals surface area contributed by atoms with Gasteiger partial charge in [-0.05, 0) is 18.2 Å². The van der Waals surface area contributed by atoms with Gasteiger partial charge in [0.15, 0.2) is 0 Å². The number of halogens is 1. The molecule has 3 rings (SSSR count). The highest BCUT2D eigenvalue weighted by Gasteiger charge is 2.42. The fourth-order valence-electron chi connectivity index (χ4n) is 2.53. The lowest BCUT2D eigenvalue weighted by atomic mass is 10.2. The number of sulfonamides is 1. The molecule has 0 saturated carbocycles. The predicted molar refractivity (Wildman–Crippen MR) is 78.3 cm³/mol. The van der Waals surface area contributed by atoms with Crippen LogP contribution in [0.3, 0.4) is 0 Å². The minimum atomic E-state index is -3.94. The van der Waals surface area contributed by atoms with Crippen molar-refractivity contribution in [1.29, 1.82) is 0 Å². The number of imide groups is 1. The van der Waals surface area contributed by atoms with Crippen LogP contribution in [0.1, 0.15) is 23.2 Å². The first-order chi connectivity index (χ1) is 10.3. The molecular weight excluding hydrogens is 376 g/mol. The van der Waals surface area contributed by atoms with Crippen LogP contribution in [0, 0.1) is 0 Å². The molecule has 22 heavy (non-hydrogen) atoms. The third-order valence-corrected chi connectivity index (χ3v) is 5.97. The van der Waals surface area contributed by atoms with E-state index in [1.54, 1.807) is 6.07 Å². The summed E-state index contributed by atoms with van der Waals surface area (Å²) >= 11 is 3.17. The van der Waals surface area contributed by atoms with Gasteiger partial charge < -0.3 is 0 Å². The standard InChI is InChI=1S/C13H11BrN2O5S/c14-8-1-2-9-10(7-8)22(20,21)16(13(9)19)6-5-15-11(17)3-4-12(15)18/h1-2,7H,3-6H2. The second-order valence-corrected chi connectivity index (χ2v) is 7.71. The Morgan fingerprint density at radius 1 is 1.05 bits per heavy atom. The molecule has 0 atom stereocenters. The minimum Gasteiger partial charge on any atom is -0.281 e. The van der Waals surface area contributed by atoms with Gasteiger partial charge in [-0.3, -0.25) is 19.3 Å². The first-order valence-corrected chi connectivity index (χ1v) is 8.75. The smallest absolute Gasteiger partial charge is 0.269 e. The summed E-state index contributed by atoms with van der Waals surface area (Å²) in [5.41, 5.74) is 0.0993. The molecule has 1 fully saturated rings. The van der Waals surface area contributed by atoms with E-state index in [4.69, 9.17) is 0 Å². The van der Waals surface area contributed by atoms with Gasteiger partial charge in [-0.1, -0.05) is 15.9 Å². The molecule has 0 aliphatic carbocycles. The van der Waals surface area contributed by atoms with Crippen LogP contribution in [0.4, 0.5) is 0 Å². The average Bonchev–Trinajstić information content (AvgIpc) is 2.86. The quantitative estimate of drug-likeness (QED) is 0.714. The average molecular weight is 387 g/mol. The SMILES string of the molecule is O=C1CCC(=O)N1CCN1C(=O)c2ccc(Br)cc2S1(=O)=O. The van der Waals surface area contributed by atoms with Crippen LogP contribution in [0.25, 0.3) is 0 Å². The summed E-state index contributed by atoms with van der Waals surface area (Å²) < 4.78 is 26.1. The third kappa shape index (κ3) is 2.24. The number of hydrogen-bond acceptors (Lipinski definition) is 5. The van der Waals surface area contributed by atoms with Crippen LogP contribution in [0.15, 0.2) is 27.6 Å². The van der Waals surface area contributed by atoms with Crippen LogP contribution in [-0.4, -0.2) is 48.4 Å². The third-order valence-electron chi connectivity index (χ3n) is 3.65. The highest BCUT2D eigenvalue weighted by Crippen LogP contribution is 2.32. The molecule has 0 aromatic heterocycles. The summed E-state index contributed by atoms with van der Waals surface area (Å²) in [6.45, 7) is -0.345. The summed E-state index contributed by atoms with van der Waals surface area (Å²) in [6.07, 6.45) is 0.263. The Kier molecular flexibility index (Phi) is 3.56. The van der Waals surface area contributed by atoms with Crippen LogP contribution in [0.5, 0.6) is 0 Å². The van der Waals surface area contributed by atoms with Crippen molar-refractivity contribution in [2.45, 2.75) is 17.7 Å². The van der Waals surface area contributed by atoms with Crippen molar-refractivity contribution in [3.8, 4) is 0 Å². The lowest BCUT2D eigenvalue weighted by Crippen LogP contribution is -2.40. The molecule has 2 heterocycles. The molecular formula is C13H11BrN2O5S. The topological polar surface area (TPSA) is 91.8 Å². The van der Waals surface area contributed by atoms with E-state index in [0.29, 0.717) is 8.78 Å². The van der Waals surface area contributed by atoms with E-state index >= 15 is 0 Å². The molecule has 7 nitrogen and oxygen atoms in total. The van der Waals surface area contributed by atoms with Gasteiger partial charge >= 0.3 is 0 Å². The lowest BCUT2D eigenvalue weighted by Gasteiger charge is -2.19. The molecule has 116 valence electrons. The Hall–Kier alpha value is -1.74. The Bertz CT molecular complexity index is 789. The van der Waals surface area contributed by atoms with E-state index < -0.39 is 15.9 Å². The second-order valence-electron chi connectivity index (χ2n) is 4.96. The lowest BCUT2D eigenvalue weighted by molar-refractivity contribution is -0.138. The van der Waals surface area contributed by atoms with Gasteiger partial charge in [-0.15, -0.1) is 0 Å². The fraction of sp³-hybridized carbons (Fsp3) is 0.308. The highest BCUT2D eigenvalue weighted by atomic mass is 79.9. The maximum absolute atomic E-state index is 12.4. The van der Waals surface area contributed by atoms with Crippen LogP contribution < -0.4 is 0 Å². The van der Waals surface area contributed by atoms with E-state index in [0.717, 1.165) is 4.90 Å². The monoisotopic (exact) mass is 386 g/mol. The zero-order valence-corrected chi connectivity index (χ0v) is 13.7. The molecule has 1 aromatic carbocycles. The Morgan fingerprint density at radius 3 is 2.32 bits per heavy atom. The molecule has 0 unspecified atom stereocenters. The van der Waals surface area contributed by atoms with Gasteiger partial charge in [0, 0.05) is 23.9 Å². The Balaban J connectivity index is 1.86. The van der Waals surface area contributed by atoms with E-state index in [1.165, 1.54) is 12.1 Å². The van der Waals surface area contributed by atoms with Crippen molar-refractivity contribution < 1.29 is 22.8 Å². The number of carbonyl (C=O) groups excluding carboxylic acids is 3. The van der Waals surface area contributed by atoms with Gasteiger partial charge in [0.1, 0.15) is 4.90 Å². The normalized spacial score (nSPS) is 20.0. The van der Waals surface area contributed by atoms with E-state index in [1.807, 2.05) is 0 Å². The number of amides is 3. The summed E-state index contributed by atoms with van der Waals surface area (Å²) in [6, 6.07) is 4.39. The van der Waals surface area contributed by atoms with Crippen molar-refractivity contribution >= 4 is 43.7 Å². The number of rotatable bonds is 3. The molecule has 2 aliphatic rings. The van der Waals surface area contributed by atoms with Gasteiger partial charge in [-0.25, -0.2) is 12.7 Å². The number of nitrogens with zero attached hydrogens (tertiary/aromatic N) is 2. The summed E-state index contributed by atoms with van der Waals surface area (Å²) in [5.74, 6) is -1.31. The van der Waals surface area contributed by atoms with Gasteiger partial charge in [-0.2, -0.15) is 0 Å². The molecule has 0 radical (unpaired) electrons. The van der Waals surface area contributed by atoms with Gasteiger partial charge in [0.05, 0.1) is 12.1 Å². The number of likely N-dealkylation sites (tertiary alicyclic amines) is 1. The molecule has 0 N–H and O–H groups in total. The number of benzene rings is 1. The summed E-state index contributed by atoms with van der Waals surface area (Å²) in [4.78, 5) is 36.3. The van der Waals surface area contributed by atoms with E-state index in [2.05, 4.69) is 15.9 Å². The second kappa shape index (κ2) is 5.17. The van der Waals surface area contributed by atoms with Crippen LogP contribution >= 0.6 is 15.9 Å². The largest absolute Gasteiger partial charge is 0.281 e. The molecule has 0 bridgehead atoms. The summed E-state index contributed by atoms with van der Waals surface area (Å²) in [7, 11) is -3.94. The molecule has 1 aromatic rings. The van der Waals surface area contributed by atoms with Crippen molar-refractivity contribution in [3.05, 3.63) is 28.2 Å². The predicted octanol–water partition coefficient (Wildman–Crippen LogP) is 0.743. The van der Waals surface area contributed by atoms with Crippen LogP contribution in [0.2, 0.25) is 0 Å². The maximum Gasteiger partial charge on any atom is 0.269 e. The first-order valence-electron chi connectivity index (χ1n) is 6.52. The van der Waals surface area contributed by atoms with Crippen molar-refractivity contribution in [1.82, 2.24) is 9.21 Å². The zero-order chi connectivity index (χ0) is 16.1. The summed E-state index contributed by atoms with van der Waals surface area (Å²) in [5, 5.41) is 0. The van der Waals surface area contributed by atoms with Crippen molar-refractivity contribution in [2.75, 3.05) is 13.1 Å². The molecule has 2 aliphatic heterocycles.